The van der Waals surface area contributed by atoms with Crippen molar-refractivity contribution < 1.29 is 13.2 Å². The van der Waals surface area contributed by atoms with Crippen molar-refractivity contribution in [1.29, 1.82) is 0 Å². The van der Waals surface area contributed by atoms with Crippen LogP contribution < -0.4 is 9.64 Å². The van der Waals surface area contributed by atoms with Gasteiger partial charge < -0.3 is 9.64 Å². The largest absolute Gasteiger partial charge is 0.495 e. The molecule has 162 valence electrons. The predicted molar refractivity (Wildman–Crippen MR) is 120 cm³/mol. The Morgan fingerprint density at radius 1 is 1.00 bits per heavy atom. The minimum atomic E-state index is -3.44. The van der Waals surface area contributed by atoms with Crippen LogP contribution in [0.3, 0.4) is 0 Å². The van der Waals surface area contributed by atoms with Gasteiger partial charge in [0.1, 0.15) is 5.75 Å². The molecular formula is C23H31N3O3S. The summed E-state index contributed by atoms with van der Waals surface area (Å²) in [6.45, 7) is 7.02. The standard InChI is InChI=1S/C23H31N3O3S/c1-19-7-5-9-21(17-19)30(27,28)26-12-6-8-20(26)18-24-13-15-25(16-14-24)22-10-3-4-11-23(22)29-2/h3-5,7,9-11,17,20H,6,8,12-16,18H2,1-2H3/t20-/m1/s1. The number of sulfonamides is 1. The van der Waals surface area contributed by atoms with E-state index in [9.17, 15) is 8.42 Å². The third-order valence-corrected chi connectivity index (χ3v) is 8.13. The molecule has 0 aliphatic carbocycles. The smallest absolute Gasteiger partial charge is 0.243 e. The maximum Gasteiger partial charge on any atom is 0.243 e. The maximum absolute atomic E-state index is 13.2. The second kappa shape index (κ2) is 8.96. The normalized spacial score (nSPS) is 21.1. The van der Waals surface area contributed by atoms with Crippen LogP contribution in [0.1, 0.15) is 18.4 Å². The predicted octanol–water partition coefficient (Wildman–Crippen LogP) is 2.98. The third-order valence-electron chi connectivity index (χ3n) is 6.19. The van der Waals surface area contributed by atoms with Gasteiger partial charge in [-0.25, -0.2) is 8.42 Å². The number of aryl methyl sites for hydroxylation is 1. The van der Waals surface area contributed by atoms with E-state index in [2.05, 4.69) is 15.9 Å². The van der Waals surface area contributed by atoms with E-state index in [0.29, 0.717) is 11.4 Å². The van der Waals surface area contributed by atoms with Crippen molar-refractivity contribution in [2.75, 3.05) is 51.3 Å². The van der Waals surface area contributed by atoms with E-state index in [1.54, 1.807) is 23.5 Å². The Hall–Kier alpha value is -2.09. The molecule has 2 aromatic carbocycles. The lowest BCUT2D eigenvalue weighted by atomic mass is 10.2. The van der Waals surface area contributed by atoms with Crippen molar-refractivity contribution in [3.8, 4) is 5.75 Å². The van der Waals surface area contributed by atoms with Crippen LogP contribution in [0, 0.1) is 6.92 Å². The molecule has 6 nitrogen and oxygen atoms in total. The van der Waals surface area contributed by atoms with E-state index in [1.165, 1.54) is 0 Å². The summed E-state index contributed by atoms with van der Waals surface area (Å²) in [6, 6.07) is 15.4. The van der Waals surface area contributed by atoms with Crippen LogP contribution >= 0.6 is 0 Å². The number of benzene rings is 2. The van der Waals surface area contributed by atoms with Gasteiger partial charge in [-0.2, -0.15) is 4.31 Å². The summed E-state index contributed by atoms with van der Waals surface area (Å²) < 4.78 is 33.7. The molecule has 2 heterocycles. The van der Waals surface area contributed by atoms with Crippen LogP contribution in [0.25, 0.3) is 0 Å². The molecule has 0 N–H and O–H groups in total. The first kappa shape index (κ1) is 21.2. The molecule has 30 heavy (non-hydrogen) atoms. The second-order valence-electron chi connectivity index (χ2n) is 8.19. The summed E-state index contributed by atoms with van der Waals surface area (Å²) in [7, 11) is -1.74. The first-order valence-corrected chi connectivity index (χ1v) is 12.1. The Kier molecular flexibility index (Phi) is 6.32. The topological polar surface area (TPSA) is 53.1 Å². The molecule has 7 heteroatoms. The number of nitrogens with zero attached hydrogens (tertiary/aromatic N) is 3. The number of ether oxygens (including phenoxy) is 1. The highest BCUT2D eigenvalue weighted by atomic mass is 32.2. The molecule has 2 saturated heterocycles. The van der Waals surface area contributed by atoms with E-state index in [0.717, 1.165) is 62.6 Å². The minimum absolute atomic E-state index is 0.0494. The lowest BCUT2D eigenvalue weighted by Gasteiger charge is -2.38. The van der Waals surface area contributed by atoms with Crippen molar-refractivity contribution in [3.05, 3.63) is 54.1 Å². The fourth-order valence-corrected chi connectivity index (χ4v) is 6.37. The molecule has 0 amide bonds. The van der Waals surface area contributed by atoms with Crippen LogP contribution in [0.4, 0.5) is 5.69 Å². The summed E-state index contributed by atoms with van der Waals surface area (Å²) in [5.74, 6) is 0.900. The van der Waals surface area contributed by atoms with Gasteiger partial charge >= 0.3 is 0 Å². The molecule has 0 unspecified atom stereocenters. The minimum Gasteiger partial charge on any atom is -0.495 e. The number of hydrogen-bond acceptors (Lipinski definition) is 5. The maximum atomic E-state index is 13.2. The van der Waals surface area contributed by atoms with Crippen molar-refractivity contribution in [1.82, 2.24) is 9.21 Å². The SMILES string of the molecule is COc1ccccc1N1CCN(C[C@H]2CCCN2S(=O)(=O)c2cccc(C)c2)CC1. The molecule has 0 bridgehead atoms. The molecule has 0 aromatic heterocycles. The molecule has 0 radical (unpaired) electrons. The molecule has 2 aliphatic heterocycles. The van der Waals surface area contributed by atoms with Gasteiger partial charge in [0, 0.05) is 45.3 Å². The highest BCUT2D eigenvalue weighted by Gasteiger charge is 2.36. The van der Waals surface area contributed by atoms with Crippen molar-refractivity contribution in [2.24, 2.45) is 0 Å². The third kappa shape index (κ3) is 4.33. The zero-order valence-corrected chi connectivity index (χ0v) is 18.6. The lowest BCUT2D eigenvalue weighted by Crippen LogP contribution is -2.51. The summed E-state index contributed by atoms with van der Waals surface area (Å²) in [5, 5.41) is 0. The van der Waals surface area contributed by atoms with Gasteiger partial charge in [0.15, 0.2) is 0 Å². The number of anilines is 1. The second-order valence-corrected chi connectivity index (χ2v) is 10.1. The van der Waals surface area contributed by atoms with Crippen molar-refractivity contribution in [3.63, 3.8) is 0 Å². The fourth-order valence-electron chi connectivity index (χ4n) is 4.58. The van der Waals surface area contributed by atoms with E-state index >= 15 is 0 Å². The molecule has 2 aliphatic rings. The number of rotatable bonds is 6. The van der Waals surface area contributed by atoms with E-state index in [1.807, 2.05) is 37.3 Å². The van der Waals surface area contributed by atoms with Crippen molar-refractivity contribution >= 4 is 15.7 Å². The Labute approximate surface area is 180 Å². The molecule has 2 fully saturated rings. The molecule has 0 spiro atoms. The summed E-state index contributed by atoms with van der Waals surface area (Å²) in [5.41, 5.74) is 2.10. The lowest BCUT2D eigenvalue weighted by molar-refractivity contribution is 0.209. The average molecular weight is 430 g/mol. The summed E-state index contributed by atoms with van der Waals surface area (Å²) in [4.78, 5) is 5.17. The Morgan fingerprint density at radius 3 is 2.50 bits per heavy atom. The van der Waals surface area contributed by atoms with Gasteiger partial charge in [0.05, 0.1) is 17.7 Å². The van der Waals surface area contributed by atoms with Gasteiger partial charge in [0.2, 0.25) is 10.0 Å². The van der Waals surface area contributed by atoms with E-state index in [-0.39, 0.29) is 6.04 Å². The highest BCUT2D eigenvalue weighted by molar-refractivity contribution is 7.89. The summed E-state index contributed by atoms with van der Waals surface area (Å²) >= 11 is 0. The van der Waals surface area contributed by atoms with E-state index in [4.69, 9.17) is 4.74 Å². The quantitative estimate of drug-likeness (QED) is 0.707. The highest BCUT2D eigenvalue weighted by Crippen LogP contribution is 2.30. The molecular weight excluding hydrogens is 398 g/mol. The average Bonchev–Trinajstić information content (AvgIpc) is 3.23. The van der Waals surface area contributed by atoms with Gasteiger partial charge in [-0.15, -0.1) is 0 Å². The molecule has 4 rings (SSSR count). The van der Waals surface area contributed by atoms with Crippen LogP contribution in [-0.4, -0.2) is 70.0 Å². The van der Waals surface area contributed by atoms with Crippen LogP contribution in [0.5, 0.6) is 5.75 Å². The van der Waals surface area contributed by atoms with E-state index < -0.39 is 10.0 Å². The number of piperazine rings is 1. The fraction of sp³-hybridized carbons (Fsp3) is 0.478. The number of hydrogen-bond donors (Lipinski definition) is 0. The Morgan fingerprint density at radius 2 is 1.77 bits per heavy atom. The Bertz CT molecular complexity index is 971. The van der Waals surface area contributed by atoms with Crippen LogP contribution in [0.2, 0.25) is 0 Å². The van der Waals surface area contributed by atoms with Gasteiger partial charge in [0.25, 0.3) is 0 Å². The van der Waals surface area contributed by atoms with Crippen LogP contribution in [-0.2, 0) is 10.0 Å². The zero-order chi connectivity index (χ0) is 21.1. The van der Waals surface area contributed by atoms with Crippen molar-refractivity contribution in [2.45, 2.75) is 30.7 Å². The molecule has 0 saturated carbocycles. The summed E-state index contributed by atoms with van der Waals surface area (Å²) in [6.07, 6.45) is 1.86. The van der Waals surface area contributed by atoms with Gasteiger partial charge in [-0.1, -0.05) is 24.3 Å². The number of para-hydroxylation sites is 2. The zero-order valence-electron chi connectivity index (χ0n) is 17.8. The molecule has 2 aromatic rings. The number of methoxy groups -OCH3 is 1. The monoisotopic (exact) mass is 429 g/mol. The first-order valence-electron chi connectivity index (χ1n) is 10.7. The van der Waals surface area contributed by atoms with Gasteiger partial charge in [-0.3, -0.25) is 4.90 Å². The molecule has 1 atom stereocenters. The Balaban J connectivity index is 1.40. The first-order chi connectivity index (χ1) is 14.5. The van der Waals surface area contributed by atoms with Crippen LogP contribution in [0.15, 0.2) is 53.4 Å². The van der Waals surface area contributed by atoms with Gasteiger partial charge in [-0.05, 0) is 49.6 Å².